The number of hydrogen-bond acceptors (Lipinski definition) is 7. The highest BCUT2D eigenvalue weighted by atomic mass is 33.1. The molecule has 2 N–H and O–H groups in total. The molecule has 1 saturated heterocycles. The molecule has 1 aromatic carbocycles. The van der Waals surface area contributed by atoms with Gasteiger partial charge in [0.05, 0.1) is 4.88 Å². The van der Waals surface area contributed by atoms with Gasteiger partial charge in [0.25, 0.3) is 0 Å². The van der Waals surface area contributed by atoms with Crippen molar-refractivity contribution in [2.24, 2.45) is 0 Å². The number of hydrogen-bond donors (Lipinski definition) is 2. The number of unbranched alkanes of at least 4 members (excludes halogenated alkanes) is 1. The minimum atomic E-state index is -0.229. The average molecular weight is 441 g/mol. The first-order valence-corrected chi connectivity index (χ1v) is 12.9. The molecule has 2 aromatic rings. The Morgan fingerprint density at radius 2 is 2.07 bits per heavy atom. The van der Waals surface area contributed by atoms with Gasteiger partial charge in [0.2, 0.25) is 5.88 Å². The SMILES string of the molecule is CN(CCCCC1CCSS1)CCOc1ccc(Cc2sc(=O)[nH]c2O)cc1. The largest absolute Gasteiger partial charge is 0.494 e. The topological polar surface area (TPSA) is 65.6 Å². The van der Waals surface area contributed by atoms with Crippen LogP contribution in [-0.4, -0.2) is 52.7 Å². The fourth-order valence-corrected chi connectivity index (χ4v) is 6.90. The van der Waals surface area contributed by atoms with E-state index in [1.807, 2.05) is 35.1 Å². The molecule has 1 atom stereocenters. The smallest absolute Gasteiger partial charge is 0.307 e. The van der Waals surface area contributed by atoms with Gasteiger partial charge in [-0.1, -0.05) is 51.5 Å². The molecule has 0 amide bonds. The zero-order valence-corrected chi connectivity index (χ0v) is 18.6. The summed E-state index contributed by atoms with van der Waals surface area (Å²) in [5.41, 5.74) is 1.04. The van der Waals surface area contributed by atoms with Gasteiger partial charge >= 0.3 is 4.87 Å². The number of aromatic amines is 1. The molecular weight excluding hydrogens is 412 g/mol. The molecule has 0 bridgehead atoms. The molecule has 3 rings (SSSR count). The van der Waals surface area contributed by atoms with Gasteiger partial charge in [-0.15, -0.1) is 0 Å². The lowest BCUT2D eigenvalue weighted by atomic mass is 10.1. The van der Waals surface area contributed by atoms with Crippen LogP contribution in [0.3, 0.4) is 0 Å². The summed E-state index contributed by atoms with van der Waals surface area (Å²) in [5.74, 6) is 2.14. The van der Waals surface area contributed by atoms with Gasteiger partial charge in [-0.3, -0.25) is 9.78 Å². The number of nitrogens with zero attached hydrogens (tertiary/aromatic N) is 1. The minimum Gasteiger partial charge on any atom is -0.494 e. The lowest BCUT2D eigenvalue weighted by Gasteiger charge is -2.17. The first-order chi connectivity index (χ1) is 13.6. The normalized spacial score (nSPS) is 16.7. The Balaban J connectivity index is 1.31. The Morgan fingerprint density at radius 3 is 2.75 bits per heavy atom. The number of nitrogens with one attached hydrogen (secondary N) is 1. The van der Waals surface area contributed by atoms with Crippen molar-refractivity contribution in [3.05, 3.63) is 44.4 Å². The predicted octanol–water partition coefficient (Wildman–Crippen LogP) is 4.37. The van der Waals surface area contributed by atoms with Crippen LogP contribution in [0.2, 0.25) is 0 Å². The van der Waals surface area contributed by atoms with Crippen LogP contribution < -0.4 is 9.61 Å². The van der Waals surface area contributed by atoms with Gasteiger partial charge in [-0.05, 0) is 50.6 Å². The highest BCUT2D eigenvalue weighted by Gasteiger charge is 2.15. The van der Waals surface area contributed by atoms with Gasteiger partial charge in [-0.25, -0.2) is 0 Å². The van der Waals surface area contributed by atoms with Crippen molar-refractivity contribution in [1.29, 1.82) is 0 Å². The number of thiazole rings is 1. The van der Waals surface area contributed by atoms with Crippen LogP contribution in [0.1, 0.15) is 36.1 Å². The lowest BCUT2D eigenvalue weighted by Crippen LogP contribution is -2.25. The van der Waals surface area contributed by atoms with E-state index in [1.165, 1.54) is 31.4 Å². The summed E-state index contributed by atoms with van der Waals surface area (Å²) < 4.78 is 5.85. The van der Waals surface area contributed by atoms with Crippen molar-refractivity contribution in [3.63, 3.8) is 0 Å². The summed E-state index contributed by atoms with van der Waals surface area (Å²) in [6.45, 7) is 2.71. The molecule has 1 unspecified atom stereocenters. The van der Waals surface area contributed by atoms with Crippen LogP contribution in [0.5, 0.6) is 11.6 Å². The molecule has 0 saturated carbocycles. The van der Waals surface area contributed by atoms with Crippen LogP contribution in [0, 0.1) is 0 Å². The number of benzene rings is 1. The highest BCUT2D eigenvalue weighted by Crippen LogP contribution is 2.39. The third-order valence-corrected chi connectivity index (χ3v) is 8.65. The molecule has 1 aromatic heterocycles. The number of H-pyrrole nitrogens is 1. The molecule has 154 valence electrons. The zero-order chi connectivity index (χ0) is 19.8. The molecular formula is C20H28N2O3S3. The fourth-order valence-electron chi connectivity index (χ4n) is 3.11. The average Bonchev–Trinajstić information content (AvgIpc) is 3.30. The summed E-state index contributed by atoms with van der Waals surface area (Å²) in [6.07, 6.45) is 5.84. The molecule has 8 heteroatoms. The van der Waals surface area contributed by atoms with E-state index in [0.717, 1.165) is 41.0 Å². The van der Waals surface area contributed by atoms with Crippen molar-refractivity contribution in [3.8, 4) is 11.6 Å². The first kappa shape index (κ1) is 21.6. The molecule has 28 heavy (non-hydrogen) atoms. The Bertz CT molecular complexity index is 770. The van der Waals surface area contributed by atoms with Gasteiger partial charge in [0.1, 0.15) is 12.4 Å². The summed E-state index contributed by atoms with van der Waals surface area (Å²) >= 11 is 1.05. The van der Waals surface area contributed by atoms with Crippen LogP contribution in [-0.2, 0) is 6.42 Å². The van der Waals surface area contributed by atoms with Crippen LogP contribution >= 0.6 is 32.9 Å². The zero-order valence-electron chi connectivity index (χ0n) is 16.2. The van der Waals surface area contributed by atoms with E-state index >= 15 is 0 Å². The maximum Gasteiger partial charge on any atom is 0.307 e. The van der Waals surface area contributed by atoms with Gasteiger partial charge < -0.3 is 14.7 Å². The molecule has 0 aliphatic carbocycles. The summed E-state index contributed by atoms with van der Waals surface area (Å²) in [6, 6.07) is 7.84. The fraction of sp³-hybridized carbons (Fsp3) is 0.550. The number of rotatable bonds is 11. The molecule has 1 fully saturated rings. The first-order valence-electron chi connectivity index (χ1n) is 9.69. The second-order valence-corrected chi connectivity index (χ2v) is 10.9. The van der Waals surface area contributed by atoms with E-state index in [2.05, 4.69) is 27.7 Å². The Morgan fingerprint density at radius 1 is 1.25 bits per heavy atom. The standard InChI is InChI=1S/C20H28N2O3S3/c1-22(10-3-2-4-17-9-13-26-28-17)11-12-25-16-7-5-15(6-8-16)14-18-19(23)21-20(24)27-18/h5-8,17,23H,2-4,9-14H2,1H3,(H,21,24). The Labute approximate surface area is 178 Å². The van der Waals surface area contributed by atoms with E-state index in [9.17, 15) is 9.90 Å². The molecule has 5 nitrogen and oxygen atoms in total. The van der Waals surface area contributed by atoms with Gasteiger partial charge in [0, 0.05) is 24.0 Å². The maximum absolute atomic E-state index is 11.2. The van der Waals surface area contributed by atoms with E-state index in [4.69, 9.17) is 4.74 Å². The second-order valence-electron chi connectivity index (χ2n) is 7.08. The predicted molar refractivity (Wildman–Crippen MR) is 121 cm³/mol. The van der Waals surface area contributed by atoms with Crippen LogP contribution in [0.25, 0.3) is 0 Å². The summed E-state index contributed by atoms with van der Waals surface area (Å²) in [7, 11) is 6.25. The molecule has 0 spiro atoms. The third kappa shape index (κ3) is 7.06. The number of aromatic hydroxyl groups is 1. The van der Waals surface area contributed by atoms with E-state index in [-0.39, 0.29) is 10.8 Å². The Hall–Kier alpha value is -1.09. The van der Waals surface area contributed by atoms with Gasteiger partial charge in [-0.2, -0.15) is 0 Å². The number of ether oxygens (including phenoxy) is 1. The monoisotopic (exact) mass is 440 g/mol. The minimum absolute atomic E-state index is 0.0285. The molecule has 1 aliphatic rings. The van der Waals surface area contributed by atoms with E-state index < -0.39 is 0 Å². The van der Waals surface area contributed by atoms with E-state index in [0.29, 0.717) is 17.9 Å². The summed E-state index contributed by atoms with van der Waals surface area (Å²) in [5, 5.41) is 10.6. The van der Waals surface area contributed by atoms with Crippen molar-refractivity contribution < 1.29 is 9.84 Å². The maximum atomic E-state index is 11.2. The quantitative estimate of drug-likeness (QED) is 0.400. The van der Waals surface area contributed by atoms with Gasteiger partial charge in [0.15, 0.2) is 0 Å². The van der Waals surface area contributed by atoms with Crippen molar-refractivity contribution in [2.75, 3.05) is 32.5 Å². The molecule has 0 radical (unpaired) electrons. The molecule has 2 heterocycles. The van der Waals surface area contributed by atoms with Crippen molar-refractivity contribution in [1.82, 2.24) is 9.88 Å². The third-order valence-electron chi connectivity index (χ3n) is 4.77. The van der Waals surface area contributed by atoms with Crippen LogP contribution in [0.4, 0.5) is 0 Å². The summed E-state index contributed by atoms with van der Waals surface area (Å²) in [4.78, 5) is 16.4. The van der Waals surface area contributed by atoms with Crippen molar-refractivity contribution >= 4 is 32.9 Å². The Kier molecular flexibility index (Phi) is 8.64. The number of aromatic nitrogens is 1. The highest BCUT2D eigenvalue weighted by molar-refractivity contribution is 8.77. The number of likely N-dealkylation sites (N-methyl/N-ethyl adjacent to an activating group) is 1. The van der Waals surface area contributed by atoms with Crippen LogP contribution in [0.15, 0.2) is 29.1 Å². The lowest BCUT2D eigenvalue weighted by molar-refractivity contribution is 0.234. The van der Waals surface area contributed by atoms with Crippen molar-refractivity contribution in [2.45, 2.75) is 37.4 Å². The van der Waals surface area contributed by atoms with E-state index in [1.54, 1.807) is 0 Å². The molecule has 1 aliphatic heterocycles. The second kappa shape index (κ2) is 11.2.